The summed E-state index contributed by atoms with van der Waals surface area (Å²) in [7, 11) is 0. The van der Waals surface area contributed by atoms with E-state index in [2.05, 4.69) is 0 Å². The van der Waals surface area contributed by atoms with Crippen molar-refractivity contribution in [2.45, 2.75) is 53.8 Å². The second-order valence-electron chi connectivity index (χ2n) is 5.10. The average Bonchev–Trinajstić information content (AvgIpc) is 2.42. The number of hydrogen-bond donors (Lipinski definition) is 0. The standard InChI is InChI=1S/C10H3F18/c1-3(12,13)6(19,20)8(23,24)10(27,28)9(25,26)7(21,22)4(14,15)2(11)5(16,17)18/h2H,1H2. The maximum atomic E-state index is 13.0. The molecule has 0 amide bonds. The van der Waals surface area contributed by atoms with E-state index in [1.54, 1.807) is 0 Å². The van der Waals surface area contributed by atoms with Gasteiger partial charge in [0.25, 0.3) is 6.17 Å². The van der Waals surface area contributed by atoms with Gasteiger partial charge in [0.05, 0.1) is 0 Å². The van der Waals surface area contributed by atoms with E-state index in [-0.39, 0.29) is 0 Å². The van der Waals surface area contributed by atoms with E-state index in [0.717, 1.165) is 6.92 Å². The van der Waals surface area contributed by atoms with Crippen LogP contribution in [-0.4, -0.2) is 53.8 Å². The normalized spacial score (nSPS) is 17.7. The number of rotatable bonds is 7. The monoisotopic (exact) mass is 465 g/mol. The minimum atomic E-state index is -8.61. The highest BCUT2D eigenvalue weighted by molar-refractivity contribution is 5.15. The molecule has 0 aliphatic heterocycles. The molecule has 0 aromatic rings. The summed E-state index contributed by atoms with van der Waals surface area (Å²) in [5, 5.41) is 0. The molecule has 0 fully saturated rings. The molecule has 0 N–H and O–H groups in total. The Hall–Kier alpha value is -1.26. The van der Waals surface area contributed by atoms with Gasteiger partial charge in [0, 0.05) is 6.92 Å². The zero-order chi connectivity index (χ0) is 23.6. The molecule has 0 saturated carbocycles. The number of hydrogen-bond acceptors (Lipinski definition) is 0. The maximum Gasteiger partial charge on any atom is 0.425 e. The van der Waals surface area contributed by atoms with Crippen LogP contribution in [0.4, 0.5) is 79.0 Å². The Kier molecular flexibility index (Phi) is 6.08. The number of alkyl halides is 18. The van der Waals surface area contributed by atoms with Gasteiger partial charge in [-0.3, -0.25) is 0 Å². The largest absolute Gasteiger partial charge is 0.425 e. The molecular formula is C10H3F18. The van der Waals surface area contributed by atoms with Gasteiger partial charge in [0.15, 0.2) is 0 Å². The van der Waals surface area contributed by atoms with E-state index < -0.39 is 53.8 Å². The van der Waals surface area contributed by atoms with Gasteiger partial charge in [-0.1, -0.05) is 0 Å². The van der Waals surface area contributed by atoms with E-state index in [9.17, 15) is 79.0 Å². The first-order valence-corrected chi connectivity index (χ1v) is 5.86. The molecule has 1 unspecified atom stereocenters. The fraction of sp³-hybridized carbons (Fsp3) is 0.900. The maximum absolute atomic E-state index is 13.0. The van der Waals surface area contributed by atoms with Gasteiger partial charge in [0.1, 0.15) is 0 Å². The molecular weight excluding hydrogens is 462 g/mol. The fourth-order valence-corrected chi connectivity index (χ4v) is 1.40. The molecule has 0 aliphatic rings. The Morgan fingerprint density at radius 1 is 0.429 bits per heavy atom. The van der Waals surface area contributed by atoms with Crippen LogP contribution in [0.3, 0.4) is 0 Å². The van der Waals surface area contributed by atoms with Gasteiger partial charge >= 0.3 is 47.6 Å². The van der Waals surface area contributed by atoms with Crippen LogP contribution in [0.25, 0.3) is 0 Å². The van der Waals surface area contributed by atoms with E-state index in [1.165, 1.54) is 0 Å². The molecule has 0 spiro atoms. The second-order valence-corrected chi connectivity index (χ2v) is 5.10. The van der Waals surface area contributed by atoms with Crippen LogP contribution in [-0.2, 0) is 0 Å². The van der Waals surface area contributed by atoms with Crippen LogP contribution < -0.4 is 0 Å². The first-order chi connectivity index (χ1) is 11.7. The first kappa shape index (κ1) is 26.7. The van der Waals surface area contributed by atoms with E-state index in [1.807, 2.05) is 0 Å². The van der Waals surface area contributed by atoms with Crippen molar-refractivity contribution in [3.05, 3.63) is 6.92 Å². The Balaban J connectivity index is 6.64. The summed E-state index contributed by atoms with van der Waals surface area (Å²) in [6.45, 7) is 0.889. The Labute approximate surface area is 141 Å². The van der Waals surface area contributed by atoms with Gasteiger partial charge in [-0.2, -0.15) is 74.6 Å². The molecule has 169 valence electrons. The van der Waals surface area contributed by atoms with Gasteiger partial charge in [-0.25, -0.2) is 4.39 Å². The third-order valence-electron chi connectivity index (χ3n) is 3.06. The molecule has 0 aromatic heterocycles. The highest BCUT2D eigenvalue weighted by Crippen LogP contribution is 2.63. The van der Waals surface area contributed by atoms with Crippen LogP contribution in [0.2, 0.25) is 0 Å². The fourth-order valence-electron chi connectivity index (χ4n) is 1.40. The molecule has 18 heteroatoms. The van der Waals surface area contributed by atoms with Crippen molar-refractivity contribution in [3.63, 3.8) is 0 Å². The number of halogens is 18. The SMILES string of the molecule is [CH2]C(F)(F)C(F)(F)C(F)(F)C(F)(F)C(F)(F)C(F)(F)C(F)(F)C(F)C(F)(F)F. The predicted molar refractivity (Wildman–Crippen MR) is 50.9 cm³/mol. The zero-order valence-corrected chi connectivity index (χ0v) is 12.1. The van der Waals surface area contributed by atoms with Crippen LogP contribution in [0.15, 0.2) is 0 Å². The molecule has 1 atom stereocenters. The van der Waals surface area contributed by atoms with Crippen LogP contribution in [0.5, 0.6) is 0 Å². The van der Waals surface area contributed by atoms with Crippen molar-refractivity contribution < 1.29 is 79.0 Å². The lowest BCUT2D eigenvalue weighted by Crippen LogP contribution is -2.74. The van der Waals surface area contributed by atoms with E-state index in [0.29, 0.717) is 0 Å². The van der Waals surface area contributed by atoms with Gasteiger partial charge in [0.2, 0.25) is 0 Å². The Morgan fingerprint density at radius 3 is 0.929 bits per heavy atom. The first-order valence-electron chi connectivity index (χ1n) is 5.86. The van der Waals surface area contributed by atoms with Crippen molar-refractivity contribution in [3.8, 4) is 0 Å². The summed E-state index contributed by atoms with van der Waals surface area (Å²) < 4.78 is 227. The Morgan fingerprint density at radius 2 is 0.679 bits per heavy atom. The average molecular weight is 465 g/mol. The highest BCUT2D eigenvalue weighted by Gasteiger charge is 2.93. The van der Waals surface area contributed by atoms with Gasteiger partial charge < -0.3 is 0 Å². The minimum Gasteiger partial charge on any atom is -0.230 e. The third kappa shape index (κ3) is 3.33. The van der Waals surface area contributed by atoms with Crippen LogP contribution >= 0.6 is 0 Å². The van der Waals surface area contributed by atoms with Crippen LogP contribution in [0.1, 0.15) is 0 Å². The van der Waals surface area contributed by atoms with E-state index in [4.69, 9.17) is 0 Å². The van der Waals surface area contributed by atoms with E-state index >= 15 is 0 Å². The minimum absolute atomic E-state index is 0.889. The second kappa shape index (κ2) is 6.37. The summed E-state index contributed by atoms with van der Waals surface area (Å²) in [6.07, 6.45) is -13.5. The van der Waals surface area contributed by atoms with Gasteiger partial charge in [-0.05, 0) is 0 Å². The van der Waals surface area contributed by atoms with Gasteiger partial charge in [-0.15, -0.1) is 0 Å². The summed E-state index contributed by atoms with van der Waals surface area (Å²) >= 11 is 0. The summed E-state index contributed by atoms with van der Waals surface area (Å²) in [5.74, 6) is -56.1. The zero-order valence-electron chi connectivity index (χ0n) is 12.1. The highest BCUT2D eigenvalue weighted by atomic mass is 19.4. The molecule has 0 heterocycles. The third-order valence-corrected chi connectivity index (χ3v) is 3.06. The lowest BCUT2D eigenvalue weighted by molar-refractivity contribution is -0.446. The molecule has 0 saturated heterocycles. The predicted octanol–water partition coefficient (Wildman–Crippen LogP) is 6.17. The molecule has 28 heavy (non-hydrogen) atoms. The van der Waals surface area contributed by atoms with Crippen molar-refractivity contribution >= 4 is 0 Å². The van der Waals surface area contributed by atoms with Crippen LogP contribution in [0, 0.1) is 6.92 Å². The van der Waals surface area contributed by atoms with Crippen molar-refractivity contribution in [1.29, 1.82) is 0 Å². The molecule has 1 radical (unpaired) electrons. The quantitative estimate of drug-likeness (QED) is 0.395. The van der Waals surface area contributed by atoms with Crippen molar-refractivity contribution in [2.24, 2.45) is 0 Å². The summed E-state index contributed by atoms with van der Waals surface area (Å²) in [6, 6.07) is 0. The topological polar surface area (TPSA) is 0 Å². The molecule has 0 nitrogen and oxygen atoms in total. The molecule has 0 bridgehead atoms. The molecule has 0 rings (SSSR count). The lowest BCUT2D eigenvalue weighted by atomic mass is 9.88. The molecule has 0 aliphatic carbocycles. The van der Waals surface area contributed by atoms with Crippen molar-refractivity contribution in [1.82, 2.24) is 0 Å². The summed E-state index contributed by atoms with van der Waals surface area (Å²) in [5.41, 5.74) is 0. The van der Waals surface area contributed by atoms with Crippen molar-refractivity contribution in [2.75, 3.05) is 0 Å². The summed E-state index contributed by atoms with van der Waals surface area (Å²) in [4.78, 5) is 0. The Bertz CT molecular complexity index is 562. The molecule has 0 aromatic carbocycles. The lowest BCUT2D eigenvalue weighted by Gasteiger charge is -2.42. The smallest absolute Gasteiger partial charge is 0.230 e.